The van der Waals surface area contributed by atoms with Crippen LogP contribution in [0.15, 0.2) is 18.2 Å². The summed E-state index contributed by atoms with van der Waals surface area (Å²) in [5.74, 6) is 0.696. The summed E-state index contributed by atoms with van der Waals surface area (Å²) in [7, 11) is 0. The van der Waals surface area contributed by atoms with Crippen LogP contribution >= 0.6 is 0 Å². The van der Waals surface area contributed by atoms with E-state index in [9.17, 15) is 9.59 Å². The van der Waals surface area contributed by atoms with Crippen LogP contribution < -0.4 is 16.0 Å². The molecule has 0 saturated heterocycles. The number of nitrogens with one attached hydrogen (secondary N) is 3. The Morgan fingerprint density at radius 1 is 1.40 bits per heavy atom. The normalized spacial score (nSPS) is 16.6. The van der Waals surface area contributed by atoms with E-state index >= 15 is 0 Å². The quantitative estimate of drug-likeness (QED) is 0.787. The summed E-state index contributed by atoms with van der Waals surface area (Å²) in [4.78, 5) is 27.7. The number of benzene rings is 1. The highest BCUT2D eigenvalue weighted by atomic mass is 16.5. The molecule has 1 aliphatic rings. The molecule has 3 amide bonds. The van der Waals surface area contributed by atoms with Crippen molar-refractivity contribution in [3.8, 4) is 0 Å². The number of hydrogen-bond donors (Lipinski definition) is 3. The first-order valence-electron chi connectivity index (χ1n) is 8.34. The molecule has 2 aromatic rings. The largest absolute Gasteiger partial charge is 0.371 e. The molecule has 1 aliphatic heterocycles. The summed E-state index contributed by atoms with van der Waals surface area (Å²) in [6, 6.07) is 5.49. The fourth-order valence-electron chi connectivity index (χ4n) is 2.97. The Balaban J connectivity index is 1.82. The van der Waals surface area contributed by atoms with Crippen molar-refractivity contribution in [3.05, 3.63) is 24.0 Å². The van der Waals surface area contributed by atoms with Crippen molar-refractivity contribution in [1.82, 2.24) is 20.2 Å². The minimum Gasteiger partial charge on any atom is -0.371 e. The van der Waals surface area contributed by atoms with Gasteiger partial charge < -0.3 is 25.3 Å². The van der Waals surface area contributed by atoms with Gasteiger partial charge in [-0.15, -0.1) is 0 Å². The Kier molecular flexibility index (Phi) is 4.89. The lowest BCUT2D eigenvalue weighted by atomic mass is 10.2. The lowest BCUT2D eigenvalue weighted by molar-refractivity contribution is -0.114. The molecule has 0 unspecified atom stereocenters. The van der Waals surface area contributed by atoms with Crippen LogP contribution in [0.2, 0.25) is 0 Å². The van der Waals surface area contributed by atoms with Crippen molar-refractivity contribution in [3.63, 3.8) is 0 Å². The minimum atomic E-state index is -0.195. The first-order valence-corrected chi connectivity index (χ1v) is 8.34. The zero-order chi connectivity index (χ0) is 18.0. The fraction of sp³-hybridized carbons (Fsp3) is 0.471. The van der Waals surface area contributed by atoms with E-state index in [1.54, 1.807) is 0 Å². The molecule has 3 N–H and O–H groups in total. The standard InChI is InChI=1S/C17H23N5O3/c1-10(2)19-17(24)18-7-13-8-25-9-16-21-14-6-12(20-11(3)23)4-5-15(14)22(13)16/h4-6,10,13H,7-9H2,1-3H3,(H,20,23)(H2,18,19,24)/t13-/m0/s1. The highest BCUT2D eigenvalue weighted by Crippen LogP contribution is 2.27. The van der Waals surface area contributed by atoms with Crippen LogP contribution in [-0.2, 0) is 16.1 Å². The Morgan fingerprint density at radius 3 is 2.92 bits per heavy atom. The third-order valence-electron chi connectivity index (χ3n) is 3.91. The van der Waals surface area contributed by atoms with Crippen LogP contribution in [0.3, 0.4) is 0 Å². The number of nitrogens with zero attached hydrogens (tertiary/aromatic N) is 2. The van der Waals surface area contributed by atoms with Gasteiger partial charge in [-0.3, -0.25) is 4.79 Å². The van der Waals surface area contributed by atoms with Crippen LogP contribution in [0, 0.1) is 0 Å². The van der Waals surface area contributed by atoms with Crippen molar-refractivity contribution < 1.29 is 14.3 Å². The van der Waals surface area contributed by atoms with Gasteiger partial charge in [-0.25, -0.2) is 9.78 Å². The molecule has 0 saturated carbocycles. The average Bonchev–Trinajstić information content (AvgIpc) is 2.89. The second-order valence-electron chi connectivity index (χ2n) is 6.46. The molecular weight excluding hydrogens is 322 g/mol. The first-order chi connectivity index (χ1) is 11.9. The van der Waals surface area contributed by atoms with Gasteiger partial charge in [-0.1, -0.05) is 0 Å². The SMILES string of the molecule is CC(=O)Nc1ccc2c(c1)nc1n2[C@@H](CNC(=O)NC(C)C)COC1. The molecule has 0 spiro atoms. The predicted molar refractivity (Wildman–Crippen MR) is 94.4 cm³/mol. The molecule has 0 radical (unpaired) electrons. The van der Waals surface area contributed by atoms with E-state index in [0.717, 1.165) is 16.9 Å². The number of urea groups is 1. The number of carbonyl (C=O) groups is 2. The van der Waals surface area contributed by atoms with Crippen molar-refractivity contribution in [1.29, 1.82) is 0 Å². The summed E-state index contributed by atoms with van der Waals surface area (Å²) < 4.78 is 7.72. The monoisotopic (exact) mass is 345 g/mol. The van der Waals surface area contributed by atoms with Gasteiger partial charge in [-0.05, 0) is 32.0 Å². The number of carbonyl (C=O) groups excluding carboxylic acids is 2. The highest BCUT2D eigenvalue weighted by Gasteiger charge is 2.24. The van der Waals surface area contributed by atoms with E-state index in [1.165, 1.54) is 6.92 Å². The molecule has 2 heterocycles. The number of anilines is 1. The van der Waals surface area contributed by atoms with E-state index in [1.807, 2.05) is 32.0 Å². The van der Waals surface area contributed by atoms with E-state index in [4.69, 9.17) is 4.74 Å². The molecule has 1 aromatic heterocycles. The topological polar surface area (TPSA) is 97.3 Å². The first kappa shape index (κ1) is 17.2. The molecule has 3 rings (SSSR count). The summed E-state index contributed by atoms with van der Waals surface area (Å²) >= 11 is 0. The Labute approximate surface area is 145 Å². The predicted octanol–water partition coefficient (Wildman–Crippen LogP) is 1.77. The summed E-state index contributed by atoms with van der Waals surface area (Å²) in [5, 5.41) is 8.45. The second kappa shape index (κ2) is 7.10. The molecule has 0 fully saturated rings. The van der Waals surface area contributed by atoms with E-state index in [-0.39, 0.29) is 24.0 Å². The van der Waals surface area contributed by atoms with Gasteiger partial charge in [0.25, 0.3) is 0 Å². The zero-order valence-electron chi connectivity index (χ0n) is 14.6. The minimum absolute atomic E-state index is 0.0294. The van der Waals surface area contributed by atoms with Gasteiger partial charge in [-0.2, -0.15) is 0 Å². The molecule has 8 nitrogen and oxygen atoms in total. The Bertz CT molecular complexity index is 799. The Hall–Kier alpha value is -2.61. The van der Waals surface area contributed by atoms with Crippen LogP contribution in [-0.4, -0.2) is 40.7 Å². The molecule has 1 atom stereocenters. The van der Waals surface area contributed by atoms with E-state index in [2.05, 4.69) is 25.5 Å². The van der Waals surface area contributed by atoms with Crippen LogP contribution in [0.1, 0.15) is 32.6 Å². The maximum atomic E-state index is 11.8. The number of ether oxygens (including phenoxy) is 1. The Morgan fingerprint density at radius 2 is 2.20 bits per heavy atom. The van der Waals surface area contributed by atoms with Gasteiger partial charge in [0.2, 0.25) is 5.91 Å². The fourth-order valence-corrected chi connectivity index (χ4v) is 2.97. The van der Waals surface area contributed by atoms with Crippen LogP contribution in [0.25, 0.3) is 11.0 Å². The van der Waals surface area contributed by atoms with Crippen LogP contribution in [0.5, 0.6) is 0 Å². The van der Waals surface area contributed by atoms with Gasteiger partial charge >= 0.3 is 6.03 Å². The molecule has 1 aromatic carbocycles. The summed E-state index contributed by atoms with van der Waals surface area (Å²) in [5.41, 5.74) is 2.47. The smallest absolute Gasteiger partial charge is 0.315 e. The van der Waals surface area contributed by atoms with Gasteiger partial charge in [0, 0.05) is 25.2 Å². The maximum Gasteiger partial charge on any atom is 0.315 e. The van der Waals surface area contributed by atoms with Crippen LogP contribution in [0.4, 0.5) is 10.5 Å². The van der Waals surface area contributed by atoms with Gasteiger partial charge in [0.05, 0.1) is 23.7 Å². The number of hydrogen-bond acceptors (Lipinski definition) is 4. The van der Waals surface area contributed by atoms with Crippen molar-refractivity contribution in [2.24, 2.45) is 0 Å². The molecule has 25 heavy (non-hydrogen) atoms. The lowest BCUT2D eigenvalue weighted by Crippen LogP contribution is -2.43. The third kappa shape index (κ3) is 3.90. The van der Waals surface area contributed by atoms with Crippen molar-refractivity contribution in [2.45, 2.75) is 39.5 Å². The summed E-state index contributed by atoms with van der Waals surface area (Å²) in [6.07, 6.45) is 0. The number of aromatic nitrogens is 2. The van der Waals surface area contributed by atoms with Crippen molar-refractivity contribution >= 4 is 28.7 Å². The number of fused-ring (bicyclic) bond motifs is 3. The maximum absolute atomic E-state index is 11.8. The number of imidazole rings is 1. The molecule has 0 aliphatic carbocycles. The third-order valence-corrected chi connectivity index (χ3v) is 3.91. The number of rotatable bonds is 4. The number of amides is 3. The molecular formula is C17H23N5O3. The molecule has 134 valence electrons. The van der Waals surface area contributed by atoms with Crippen molar-refractivity contribution in [2.75, 3.05) is 18.5 Å². The second-order valence-corrected chi connectivity index (χ2v) is 6.46. The average molecular weight is 345 g/mol. The summed E-state index contributed by atoms with van der Waals surface area (Å²) in [6.45, 7) is 6.69. The van der Waals surface area contributed by atoms with E-state index < -0.39 is 0 Å². The lowest BCUT2D eigenvalue weighted by Gasteiger charge is -2.26. The highest BCUT2D eigenvalue weighted by molar-refractivity contribution is 5.91. The van der Waals surface area contributed by atoms with Gasteiger partial charge in [0.15, 0.2) is 0 Å². The zero-order valence-corrected chi connectivity index (χ0v) is 14.6. The van der Waals surface area contributed by atoms with E-state index in [0.29, 0.717) is 25.4 Å². The molecule has 0 bridgehead atoms. The van der Waals surface area contributed by atoms with Gasteiger partial charge in [0.1, 0.15) is 12.4 Å². The molecule has 8 heteroatoms.